The third-order valence-electron chi connectivity index (χ3n) is 3.17. The first-order valence-corrected chi connectivity index (χ1v) is 5.67. The highest BCUT2D eigenvalue weighted by Gasteiger charge is 2.22. The van der Waals surface area contributed by atoms with Gasteiger partial charge in [-0.1, -0.05) is 19.8 Å². The summed E-state index contributed by atoms with van der Waals surface area (Å²) < 4.78 is 5.82. The van der Waals surface area contributed by atoms with E-state index in [1.807, 2.05) is 7.05 Å². The van der Waals surface area contributed by atoms with Gasteiger partial charge in [-0.15, -0.1) is 0 Å². The van der Waals surface area contributed by atoms with E-state index in [2.05, 4.69) is 12.2 Å². The molecule has 0 aromatic carbocycles. The Morgan fingerprint density at radius 1 is 1.43 bits per heavy atom. The van der Waals surface area contributed by atoms with Gasteiger partial charge in [0.1, 0.15) is 0 Å². The molecule has 0 spiro atoms. The fraction of sp³-hybridized carbons (Fsp3) is 1.00. The largest absolute Gasteiger partial charge is 0.395 e. The third-order valence-corrected chi connectivity index (χ3v) is 3.17. The molecule has 0 aromatic rings. The molecule has 0 aliphatic heterocycles. The Balaban J connectivity index is 2.21. The molecule has 1 aliphatic carbocycles. The Labute approximate surface area is 86.8 Å². The second kappa shape index (κ2) is 6.38. The predicted octanol–water partition coefficient (Wildman–Crippen LogP) is 1.16. The average molecular weight is 201 g/mol. The van der Waals surface area contributed by atoms with Crippen LogP contribution in [0.2, 0.25) is 0 Å². The van der Waals surface area contributed by atoms with E-state index < -0.39 is 0 Å². The van der Waals surface area contributed by atoms with Crippen LogP contribution in [0.5, 0.6) is 0 Å². The van der Waals surface area contributed by atoms with Gasteiger partial charge >= 0.3 is 0 Å². The molecule has 0 heterocycles. The van der Waals surface area contributed by atoms with Crippen molar-refractivity contribution >= 4 is 0 Å². The maximum Gasteiger partial charge on any atom is 0.0645 e. The lowest BCUT2D eigenvalue weighted by atomic mass is 9.88. The lowest BCUT2D eigenvalue weighted by Crippen LogP contribution is -2.37. The minimum absolute atomic E-state index is 0.0872. The molecule has 1 saturated carbocycles. The first-order valence-electron chi connectivity index (χ1n) is 5.67. The zero-order valence-corrected chi connectivity index (χ0v) is 9.33. The van der Waals surface area contributed by atoms with Crippen molar-refractivity contribution in [1.82, 2.24) is 5.32 Å². The van der Waals surface area contributed by atoms with Crippen LogP contribution in [-0.2, 0) is 4.74 Å². The quantitative estimate of drug-likeness (QED) is 0.701. The molecule has 1 fully saturated rings. The van der Waals surface area contributed by atoms with E-state index in [1.54, 1.807) is 0 Å². The number of likely N-dealkylation sites (N-methyl/N-ethyl adjacent to an activating group) is 1. The molecule has 3 nitrogen and oxygen atoms in total. The highest BCUT2D eigenvalue weighted by atomic mass is 16.5. The van der Waals surface area contributed by atoms with E-state index in [1.165, 1.54) is 25.7 Å². The van der Waals surface area contributed by atoms with Crippen LogP contribution in [0.15, 0.2) is 0 Å². The maximum absolute atomic E-state index is 8.98. The van der Waals surface area contributed by atoms with Gasteiger partial charge in [-0.3, -0.25) is 0 Å². The van der Waals surface area contributed by atoms with Crippen LogP contribution in [0.3, 0.4) is 0 Å². The summed E-state index contributed by atoms with van der Waals surface area (Å²) >= 11 is 0. The molecule has 0 radical (unpaired) electrons. The van der Waals surface area contributed by atoms with E-state index in [0.717, 1.165) is 0 Å². The van der Waals surface area contributed by atoms with Crippen molar-refractivity contribution < 1.29 is 9.84 Å². The van der Waals surface area contributed by atoms with Gasteiger partial charge in [-0.2, -0.15) is 0 Å². The summed E-state index contributed by atoms with van der Waals surface area (Å²) in [6.07, 6.45) is 5.51. The predicted molar refractivity (Wildman–Crippen MR) is 57.3 cm³/mol. The summed E-state index contributed by atoms with van der Waals surface area (Å²) in [5.41, 5.74) is 0. The number of hydrogen-bond acceptors (Lipinski definition) is 3. The Hall–Kier alpha value is -0.120. The van der Waals surface area contributed by atoms with E-state index in [-0.39, 0.29) is 12.6 Å². The molecule has 0 saturated heterocycles. The fourth-order valence-electron chi connectivity index (χ4n) is 2.00. The minimum Gasteiger partial charge on any atom is -0.395 e. The molecule has 3 unspecified atom stereocenters. The summed E-state index contributed by atoms with van der Waals surface area (Å²) in [7, 11) is 1.86. The SMILES string of the molecule is CNC(CO)COC1CCCCC1C. The lowest BCUT2D eigenvalue weighted by Gasteiger charge is -2.30. The van der Waals surface area contributed by atoms with E-state index >= 15 is 0 Å². The normalized spacial score (nSPS) is 30.2. The van der Waals surface area contributed by atoms with Crippen molar-refractivity contribution in [2.24, 2.45) is 5.92 Å². The minimum atomic E-state index is 0.0872. The number of nitrogens with one attached hydrogen (secondary N) is 1. The zero-order chi connectivity index (χ0) is 10.4. The number of rotatable bonds is 5. The maximum atomic E-state index is 8.98. The molecule has 0 amide bonds. The van der Waals surface area contributed by atoms with Crippen molar-refractivity contribution in [2.75, 3.05) is 20.3 Å². The summed E-state index contributed by atoms with van der Waals surface area (Å²) in [5.74, 6) is 0.681. The molecule has 1 rings (SSSR count). The van der Waals surface area contributed by atoms with Crippen molar-refractivity contribution in [2.45, 2.75) is 44.8 Å². The molecule has 3 heteroatoms. The summed E-state index contributed by atoms with van der Waals surface area (Å²) in [6.45, 7) is 3.04. The van der Waals surface area contributed by atoms with Crippen molar-refractivity contribution in [1.29, 1.82) is 0 Å². The lowest BCUT2D eigenvalue weighted by molar-refractivity contribution is -0.0201. The van der Waals surface area contributed by atoms with Gasteiger partial charge in [-0.05, 0) is 25.8 Å². The van der Waals surface area contributed by atoms with Crippen LogP contribution in [0.1, 0.15) is 32.6 Å². The zero-order valence-electron chi connectivity index (χ0n) is 9.33. The first kappa shape index (κ1) is 12.0. The van der Waals surface area contributed by atoms with Gasteiger partial charge in [-0.25, -0.2) is 0 Å². The number of hydrogen-bond donors (Lipinski definition) is 2. The van der Waals surface area contributed by atoms with Gasteiger partial charge in [0.2, 0.25) is 0 Å². The van der Waals surface area contributed by atoms with Crippen LogP contribution < -0.4 is 5.32 Å². The molecule has 0 aromatic heterocycles. The number of ether oxygens (including phenoxy) is 1. The monoisotopic (exact) mass is 201 g/mol. The van der Waals surface area contributed by atoms with Gasteiger partial charge in [0.05, 0.1) is 25.4 Å². The van der Waals surface area contributed by atoms with Gasteiger partial charge < -0.3 is 15.2 Å². The smallest absolute Gasteiger partial charge is 0.0645 e. The standard InChI is InChI=1S/C11H23NO2/c1-9-5-3-4-6-11(9)14-8-10(7-13)12-2/h9-13H,3-8H2,1-2H3. The molecular formula is C11H23NO2. The molecule has 2 N–H and O–H groups in total. The summed E-state index contributed by atoms with van der Waals surface area (Å²) in [4.78, 5) is 0. The van der Waals surface area contributed by atoms with Gasteiger partial charge in [0, 0.05) is 0 Å². The first-order chi connectivity index (χ1) is 6.77. The van der Waals surface area contributed by atoms with Crippen molar-refractivity contribution in [3.63, 3.8) is 0 Å². The number of aliphatic hydroxyl groups is 1. The Kier molecular flexibility index (Phi) is 5.45. The molecule has 0 bridgehead atoms. The van der Waals surface area contributed by atoms with Crippen LogP contribution >= 0.6 is 0 Å². The molecular weight excluding hydrogens is 178 g/mol. The van der Waals surface area contributed by atoms with Crippen LogP contribution in [0.4, 0.5) is 0 Å². The van der Waals surface area contributed by atoms with Crippen LogP contribution in [-0.4, -0.2) is 37.5 Å². The molecule has 3 atom stereocenters. The molecule has 14 heavy (non-hydrogen) atoms. The topological polar surface area (TPSA) is 41.5 Å². The summed E-state index contributed by atoms with van der Waals surface area (Å²) in [5, 5.41) is 12.0. The van der Waals surface area contributed by atoms with E-state index in [4.69, 9.17) is 9.84 Å². The van der Waals surface area contributed by atoms with Crippen LogP contribution in [0.25, 0.3) is 0 Å². The average Bonchev–Trinajstić information content (AvgIpc) is 2.22. The van der Waals surface area contributed by atoms with Crippen LogP contribution in [0, 0.1) is 5.92 Å². The Bertz CT molecular complexity index is 148. The van der Waals surface area contributed by atoms with Gasteiger partial charge in [0.15, 0.2) is 0 Å². The second-order valence-corrected chi connectivity index (χ2v) is 4.30. The van der Waals surface area contributed by atoms with E-state index in [9.17, 15) is 0 Å². The molecule has 84 valence electrons. The molecule has 1 aliphatic rings. The third kappa shape index (κ3) is 3.56. The van der Waals surface area contributed by atoms with Gasteiger partial charge in [0.25, 0.3) is 0 Å². The fourth-order valence-corrected chi connectivity index (χ4v) is 2.00. The van der Waals surface area contributed by atoms with E-state index in [0.29, 0.717) is 18.6 Å². The highest BCUT2D eigenvalue weighted by Crippen LogP contribution is 2.26. The van der Waals surface area contributed by atoms with Crippen molar-refractivity contribution in [3.05, 3.63) is 0 Å². The van der Waals surface area contributed by atoms with Crippen molar-refractivity contribution in [3.8, 4) is 0 Å². The Morgan fingerprint density at radius 2 is 2.14 bits per heavy atom. The highest BCUT2D eigenvalue weighted by molar-refractivity contribution is 4.73. The second-order valence-electron chi connectivity index (χ2n) is 4.30. The Morgan fingerprint density at radius 3 is 2.71 bits per heavy atom. The number of aliphatic hydroxyl groups excluding tert-OH is 1. The summed E-state index contributed by atoms with van der Waals surface area (Å²) in [6, 6.07) is 0.0872.